The lowest BCUT2D eigenvalue weighted by Gasteiger charge is -2.17. The molecule has 0 spiro atoms. The predicted octanol–water partition coefficient (Wildman–Crippen LogP) is 1.95. The van der Waals surface area contributed by atoms with Crippen LogP contribution < -0.4 is 0 Å². The van der Waals surface area contributed by atoms with Crippen molar-refractivity contribution in [3.05, 3.63) is 33.8 Å². The van der Waals surface area contributed by atoms with Crippen molar-refractivity contribution in [2.24, 2.45) is 0 Å². The van der Waals surface area contributed by atoms with Gasteiger partial charge in [-0.3, -0.25) is 0 Å². The van der Waals surface area contributed by atoms with Crippen molar-refractivity contribution in [2.45, 2.75) is 19.1 Å². The molecule has 4 nitrogen and oxygen atoms in total. The first-order valence-electron chi connectivity index (χ1n) is 4.95. The number of carbonyl (C=O) groups excluding carboxylic acids is 1. The molecular formula is C11H12Cl2O4. The van der Waals surface area contributed by atoms with E-state index in [1.54, 1.807) is 6.92 Å². The Balaban J connectivity index is 2.84. The topological polar surface area (TPSA) is 66.8 Å². The van der Waals surface area contributed by atoms with E-state index < -0.39 is 18.2 Å². The Morgan fingerprint density at radius 2 is 2.00 bits per heavy atom. The molecule has 0 heterocycles. The lowest BCUT2D eigenvalue weighted by molar-refractivity contribution is -0.159. The molecule has 0 radical (unpaired) electrons. The molecule has 94 valence electrons. The maximum atomic E-state index is 11.2. The molecule has 0 aromatic heterocycles. The van der Waals surface area contributed by atoms with Crippen LogP contribution in [0.2, 0.25) is 10.0 Å². The van der Waals surface area contributed by atoms with Crippen LogP contribution in [0, 0.1) is 0 Å². The number of aliphatic hydroxyl groups excluding tert-OH is 2. The minimum Gasteiger partial charge on any atom is -0.464 e. The zero-order valence-electron chi connectivity index (χ0n) is 9.06. The quantitative estimate of drug-likeness (QED) is 0.827. The van der Waals surface area contributed by atoms with E-state index >= 15 is 0 Å². The molecule has 0 aliphatic heterocycles. The van der Waals surface area contributed by atoms with Crippen LogP contribution in [0.15, 0.2) is 18.2 Å². The molecule has 0 aliphatic rings. The summed E-state index contributed by atoms with van der Waals surface area (Å²) in [5.74, 6) is -0.883. The van der Waals surface area contributed by atoms with Crippen molar-refractivity contribution < 1.29 is 19.7 Å². The molecule has 17 heavy (non-hydrogen) atoms. The number of benzene rings is 1. The fourth-order valence-corrected chi connectivity index (χ4v) is 1.54. The Bertz CT molecular complexity index is 408. The third-order valence-electron chi connectivity index (χ3n) is 2.11. The SMILES string of the molecule is CCOC(=O)C(O)C(O)c1ccc(Cl)c(Cl)c1. The molecule has 1 aromatic rings. The van der Waals surface area contributed by atoms with Crippen LogP contribution in [0.25, 0.3) is 0 Å². The Morgan fingerprint density at radius 3 is 2.53 bits per heavy atom. The molecule has 1 rings (SSSR count). The van der Waals surface area contributed by atoms with Crippen LogP contribution in [0.5, 0.6) is 0 Å². The van der Waals surface area contributed by atoms with Gasteiger partial charge in [0.2, 0.25) is 0 Å². The van der Waals surface area contributed by atoms with Crippen molar-refractivity contribution in [1.82, 2.24) is 0 Å². The maximum Gasteiger partial charge on any atom is 0.338 e. The molecule has 2 unspecified atom stereocenters. The highest BCUT2D eigenvalue weighted by Gasteiger charge is 2.27. The first-order valence-corrected chi connectivity index (χ1v) is 5.70. The van der Waals surface area contributed by atoms with Gasteiger partial charge in [0.25, 0.3) is 0 Å². The third-order valence-corrected chi connectivity index (χ3v) is 2.85. The smallest absolute Gasteiger partial charge is 0.338 e. The van der Waals surface area contributed by atoms with Gasteiger partial charge in [0.15, 0.2) is 6.10 Å². The molecule has 2 N–H and O–H groups in total. The Morgan fingerprint density at radius 1 is 1.35 bits per heavy atom. The van der Waals surface area contributed by atoms with Gasteiger partial charge >= 0.3 is 5.97 Å². The van der Waals surface area contributed by atoms with Gasteiger partial charge in [-0.25, -0.2) is 4.79 Å². The normalized spacial score (nSPS) is 14.2. The van der Waals surface area contributed by atoms with Crippen LogP contribution in [-0.2, 0) is 9.53 Å². The monoisotopic (exact) mass is 278 g/mol. The standard InChI is InChI=1S/C11H12Cl2O4/c1-2-17-11(16)10(15)9(14)6-3-4-7(12)8(13)5-6/h3-5,9-10,14-15H,2H2,1H3. The van der Waals surface area contributed by atoms with Crippen molar-refractivity contribution in [1.29, 1.82) is 0 Å². The zero-order chi connectivity index (χ0) is 13.0. The largest absolute Gasteiger partial charge is 0.464 e. The highest BCUT2D eigenvalue weighted by Crippen LogP contribution is 2.27. The second-order valence-electron chi connectivity index (χ2n) is 3.32. The lowest BCUT2D eigenvalue weighted by Crippen LogP contribution is -2.29. The number of hydrogen-bond donors (Lipinski definition) is 2. The van der Waals surface area contributed by atoms with Gasteiger partial charge in [-0.1, -0.05) is 29.3 Å². The highest BCUT2D eigenvalue weighted by atomic mass is 35.5. The number of halogens is 2. The number of aliphatic hydroxyl groups is 2. The van der Waals surface area contributed by atoms with E-state index in [4.69, 9.17) is 23.2 Å². The minimum absolute atomic E-state index is 0.129. The Kier molecular flexibility index (Phi) is 5.21. The van der Waals surface area contributed by atoms with Gasteiger partial charge in [-0.2, -0.15) is 0 Å². The van der Waals surface area contributed by atoms with E-state index in [0.717, 1.165) is 0 Å². The van der Waals surface area contributed by atoms with Gasteiger partial charge in [-0.05, 0) is 24.6 Å². The number of hydrogen-bond acceptors (Lipinski definition) is 4. The fraction of sp³-hybridized carbons (Fsp3) is 0.364. The van der Waals surface area contributed by atoms with Gasteiger partial charge < -0.3 is 14.9 Å². The first-order chi connectivity index (χ1) is 7.97. The molecule has 0 saturated heterocycles. The minimum atomic E-state index is -1.65. The van der Waals surface area contributed by atoms with Crippen molar-refractivity contribution in [3.8, 4) is 0 Å². The maximum absolute atomic E-state index is 11.2. The summed E-state index contributed by atoms with van der Waals surface area (Å²) in [6.07, 6.45) is -3.05. The van der Waals surface area contributed by atoms with E-state index in [2.05, 4.69) is 4.74 Å². The Labute approximate surface area is 109 Å². The summed E-state index contributed by atoms with van der Waals surface area (Å²) < 4.78 is 4.59. The summed E-state index contributed by atoms with van der Waals surface area (Å²) in [6, 6.07) is 4.33. The average Bonchev–Trinajstić information content (AvgIpc) is 2.31. The number of ether oxygens (including phenoxy) is 1. The van der Waals surface area contributed by atoms with Crippen LogP contribution >= 0.6 is 23.2 Å². The molecule has 0 aliphatic carbocycles. The zero-order valence-corrected chi connectivity index (χ0v) is 10.6. The van der Waals surface area contributed by atoms with Gasteiger partial charge in [0, 0.05) is 0 Å². The second kappa shape index (κ2) is 6.21. The van der Waals surface area contributed by atoms with E-state index in [9.17, 15) is 15.0 Å². The van der Waals surface area contributed by atoms with Crippen molar-refractivity contribution in [3.63, 3.8) is 0 Å². The molecule has 0 amide bonds. The van der Waals surface area contributed by atoms with Crippen LogP contribution in [0.3, 0.4) is 0 Å². The number of carbonyl (C=O) groups is 1. The third kappa shape index (κ3) is 3.57. The second-order valence-corrected chi connectivity index (χ2v) is 4.13. The molecule has 0 fully saturated rings. The molecule has 0 bridgehead atoms. The van der Waals surface area contributed by atoms with Crippen molar-refractivity contribution >= 4 is 29.2 Å². The predicted molar refractivity (Wildman–Crippen MR) is 64.1 cm³/mol. The summed E-state index contributed by atoms with van der Waals surface area (Å²) in [5, 5.41) is 19.8. The van der Waals surface area contributed by atoms with Crippen LogP contribution in [0.1, 0.15) is 18.6 Å². The van der Waals surface area contributed by atoms with Gasteiger partial charge in [0.05, 0.1) is 16.7 Å². The first kappa shape index (κ1) is 14.3. The number of rotatable bonds is 4. The molecule has 6 heteroatoms. The van der Waals surface area contributed by atoms with Crippen LogP contribution in [-0.4, -0.2) is 28.9 Å². The summed E-state index contributed by atoms with van der Waals surface area (Å²) in [6.45, 7) is 1.74. The average molecular weight is 279 g/mol. The van der Waals surface area contributed by atoms with Gasteiger partial charge in [0.1, 0.15) is 6.10 Å². The summed E-state index contributed by atoms with van der Waals surface area (Å²) in [7, 11) is 0. The van der Waals surface area contributed by atoms with E-state index in [-0.39, 0.29) is 11.6 Å². The van der Waals surface area contributed by atoms with Crippen LogP contribution in [0.4, 0.5) is 0 Å². The van der Waals surface area contributed by atoms with Crippen molar-refractivity contribution in [2.75, 3.05) is 6.61 Å². The van der Waals surface area contributed by atoms with Gasteiger partial charge in [-0.15, -0.1) is 0 Å². The molecular weight excluding hydrogens is 267 g/mol. The van der Waals surface area contributed by atoms with E-state index in [1.807, 2.05) is 0 Å². The summed E-state index contributed by atoms with van der Waals surface area (Å²) in [4.78, 5) is 11.2. The fourth-order valence-electron chi connectivity index (χ4n) is 1.24. The van der Waals surface area contributed by atoms with E-state index in [1.165, 1.54) is 18.2 Å². The molecule has 1 aromatic carbocycles. The summed E-state index contributed by atoms with van der Waals surface area (Å²) >= 11 is 11.5. The molecule has 2 atom stereocenters. The molecule has 0 saturated carbocycles. The number of esters is 1. The lowest BCUT2D eigenvalue weighted by atomic mass is 10.0. The summed E-state index contributed by atoms with van der Waals surface area (Å²) in [5.41, 5.74) is 0.292. The highest BCUT2D eigenvalue weighted by molar-refractivity contribution is 6.42. The Hall–Kier alpha value is -0.810. The van der Waals surface area contributed by atoms with E-state index in [0.29, 0.717) is 10.6 Å².